The number of likely N-dealkylation sites (tertiary alicyclic amines) is 1. The molecule has 2 N–H and O–H groups in total. The number of nitrogens with two attached hydrogens (primary N) is 1. The SMILES string of the molecule is C[C@]12CN(Cc3ccccc3)C[C@@]1(N)C2. The Morgan fingerprint density at radius 1 is 1.27 bits per heavy atom. The van der Waals surface area contributed by atoms with Gasteiger partial charge in [0.15, 0.2) is 0 Å². The van der Waals surface area contributed by atoms with E-state index in [0.717, 1.165) is 13.1 Å². The van der Waals surface area contributed by atoms with Crippen LogP contribution < -0.4 is 5.73 Å². The maximum Gasteiger partial charge on any atom is 0.0357 e. The van der Waals surface area contributed by atoms with Gasteiger partial charge in [-0.05, 0) is 12.0 Å². The fourth-order valence-corrected chi connectivity index (χ4v) is 3.01. The van der Waals surface area contributed by atoms with Gasteiger partial charge in [-0.3, -0.25) is 4.90 Å². The first-order valence-electron chi connectivity index (χ1n) is 5.67. The summed E-state index contributed by atoms with van der Waals surface area (Å²) < 4.78 is 0. The van der Waals surface area contributed by atoms with Crippen LogP contribution in [-0.4, -0.2) is 23.5 Å². The molecule has 0 bridgehead atoms. The summed E-state index contributed by atoms with van der Waals surface area (Å²) in [5.41, 5.74) is 8.21. The molecule has 80 valence electrons. The molecule has 0 spiro atoms. The first-order chi connectivity index (χ1) is 7.11. The minimum absolute atomic E-state index is 0.127. The van der Waals surface area contributed by atoms with Gasteiger partial charge in [-0.1, -0.05) is 37.3 Å². The van der Waals surface area contributed by atoms with Gasteiger partial charge in [-0.15, -0.1) is 0 Å². The van der Waals surface area contributed by atoms with E-state index in [0.29, 0.717) is 5.41 Å². The van der Waals surface area contributed by atoms with Crippen LogP contribution in [0.1, 0.15) is 18.9 Å². The van der Waals surface area contributed by atoms with Crippen LogP contribution in [0.4, 0.5) is 0 Å². The van der Waals surface area contributed by atoms with Crippen LogP contribution in [0.2, 0.25) is 0 Å². The van der Waals surface area contributed by atoms with Gasteiger partial charge in [-0.2, -0.15) is 0 Å². The Morgan fingerprint density at radius 2 is 2.00 bits per heavy atom. The summed E-state index contributed by atoms with van der Waals surface area (Å²) in [7, 11) is 0. The van der Waals surface area contributed by atoms with E-state index in [9.17, 15) is 0 Å². The molecule has 0 aromatic heterocycles. The summed E-state index contributed by atoms with van der Waals surface area (Å²) in [6.45, 7) is 5.60. The van der Waals surface area contributed by atoms with Crippen molar-refractivity contribution in [2.45, 2.75) is 25.4 Å². The Kier molecular flexibility index (Phi) is 1.77. The van der Waals surface area contributed by atoms with Crippen molar-refractivity contribution in [2.24, 2.45) is 11.1 Å². The molecule has 2 fully saturated rings. The van der Waals surface area contributed by atoms with Gasteiger partial charge in [0.25, 0.3) is 0 Å². The average molecular weight is 202 g/mol. The first-order valence-corrected chi connectivity index (χ1v) is 5.67. The van der Waals surface area contributed by atoms with Gasteiger partial charge in [-0.25, -0.2) is 0 Å². The van der Waals surface area contributed by atoms with Gasteiger partial charge < -0.3 is 5.73 Å². The predicted molar refractivity (Wildman–Crippen MR) is 61.4 cm³/mol. The van der Waals surface area contributed by atoms with E-state index in [-0.39, 0.29) is 5.54 Å². The van der Waals surface area contributed by atoms with Crippen molar-refractivity contribution in [3.8, 4) is 0 Å². The summed E-state index contributed by atoms with van der Waals surface area (Å²) in [4.78, 5) is 2.48. The van der Waals surface area contributed by atoms with E-state index in [4.69, 9.17) is 5.73 Å². The Balaban J connectivity index is 1.68. The van der Waals surface area contributed by atoms with Crippen LogP contribution in [0.5, 0.6) is 0 Å². The number of hydrogen-bond acceptors (Lipinski definition) is 2. The molecule has 1 heterocycles. The zero-order valence-electron chi connectivity index (χ0n) is 9.24. The maximum atomic E-state index is 6.29. The van der Waals surface area contributed by atoms with Crippen LogP contribution in [0.3, 0.4) is 0 Å². The molecule has 0 unspecified atom stereocenters. The van der Waals surface area contributed by atoms with Crippen LogP contribution >= 0.6 is 0 Å². The van der Waals surface area contributed by atoms with Crippen LogP contribution in [0.15, 0.2) is 30.3 Å². The Labute approximate surface area is 91.1 Å². The molecule has 2 nitrogen and oxygen atoms in total. The van der Waals surface area contributed by atoms with Crippen molar-refractivity contribution >= 4 is 0 Å². The van der Waals surface area contributed by atoms with Crippen molar-refractivity contribution < 1.29 is 0 Å². The monoisotopic (exact) mass is 202 g/mol. The second kappa shape index (κ2) is 2.83. The molecule has 15 heavy (non-hydrogen) atoms. The molecule has 0 radical (unpaired) electrons. The highest BCUT2D eigenvalue weighted by atomic mass is 15.2. The van der Waals surface area contributed by atoms with E-state index in [1.807, 2.05) is 0 Å². The molecule has 1 saturated heterocycles. The average Bonchev–Trinajstić information content (AvgIpc) is 2.58. The number of rotatable bonds is 2. The summed E-state index contributed by atoms with van der Waals surface area (Å²) in [6, 6.07) is 10.7. The van der Waals surface area contributed by atoms with Crippen molar-refractivity contribution in [2.75, 3.05) is 13.1 Å². The van der Waals surface area contributed by atoms with Gasteiger partial charge >= 0.3 is 0 Å². The molecule has 2 heteroatoms. The summed E-state index contributed by atoms with van der Waals surface area (Å²) in [5, 5.41) is 0. The van der Waals surface area contributed by atoms with E-state index in [1.54, 1.807) is 0 Å². The fourth-order valence-electron chi connectivity index (χ4n) is 3.01. The van der Waals surface area contributed by atoms with Crippen LogP contribution in [-0.2, 0) is 6.54 Å². The maximum absolute atomic E-state index is 6.29. The molecule has 2 atom stereocenters. The topological polar surface area (TPSA) is 29.3 Å². The lowest BCUT2D eigenvalue weighted by molar-refractivity contribution is 0.275. The Hall–Kier alpha value is -0.860. The number of hydrogen-bond donors (Lipinski definition) is 1. The van der Waals surface area contributed by atoms with Gasteiger partial charge in [0, 0.05) is 30.6 Å². The summed E-state index contributed by atoms with van der Waals surface area (Å²) >= 11 is 0. The third-order valence-corrected chi connectivity index (χ3v) is 4.11. The highest BCUT2D eigenvalue weighted by Crippen LogP contribution is 2.59. The van der Waals surface area contributed by atoms with Crippen molar-refractivity contribution in [3.63, 3.8) is 0 Å². The summed E-state index contributed by atoms with van der Waals surface area (Å²) in [6.07, 6.45) is 1.21. The predicted octanol–water partition coefficient (Wildman–Crippen LogP) is 1.61. The molecule has 1 aromatic rings. The number of piperidine rings is 1. The normalized spacial score (nSPS) is 39.1. The highest BCUT2D eigenvalue weighted by molar-refractivity contribution is 5.25. The van der Waals surface area contributed by atoms with E-state index in [1.165, 1.54) is 18.5 Å². The second-order valence-electron chi connectivity index (χ2n) is 5.52. The lowest BCUT2D eigenvalue weighted by Crippen LogP contribution is -2.33. The lowest BCUT2D eigenvalue weighted by Gasteiger charge is -2.19. The zero-order valence-corrected chi connectivity index (χ0v) is 9.24. The van der Waals surface area contributed by atoms with Crippen LogP contribution in [0.25, 0.3) is 0 Å². The molecular weight excluding hydrogens is 184 g/mol. The largest absolute Gasteiger partial charge is 0.323 e. The Bertz CT molecular complexity index is 359. The molecule has 1 aromatic carbocycles. The van der Waals surface area contributed by atoms with Gasteiger partial charge in [0.05, 0.1) is 0 Å². The Morgan fingerprint density at radius 3 is 2.60 bits per heavy atom. The third-order valence-electron chi connectivity index (χ3n) is 4.11. The van der Waals surface area contributed by atoms with Gasteiger partial charge in [0.1, 0.15) is 0 Å². The van der Waals surface area contributed by atoms with Crippen LogP contribution in [0, 0.1) is 5.41 Å². The smallest absolute Gasteiger partial charge is 0.0357 e. The minimum Gasteiger partial charge on any atom is -0.323 e. The number of benzene rings is 1. The van der Waals surface area contributed by atoms with Crippen molar-refractivity contribution in [3.05, 3.63) is 35.9 Å². The molecular formula is C13H18N2. The molecule has 0 amide bonds. The zero-order chi connectivity index (χ0) is 10.5. The standard InChI is InChI=1S/C13H18N2/c1-12-8-13(12,14)10-15(9-12)7-11-5-3-2-4-6-11/h2-6H,7-10,14H2,1H3/t12-,13-/m0/s1. The fraction of sp³-hybridized carbons (Fsp3) is 0.538. The number of fused-ring (bicyclic) bond motifs is 1. The molecule has 1 saturated carbocycles. The minimum atomic E-state index is 0.127. The first kappa shape index (κ1) is 9.37. The molecule has 3 rings (SSSR count). The molecule has 1 aliphatic heterocycles. The van der Waals surface area contributed by atoms with E-state index >= 15 is 0 Å². The van der Waals surface area contributed by atoms with E-state index < -0.39 is 0 Å². The lowest BCUT2D eigenvalue weighted by atomic mass is 10.1. The summed E-state index contributed by atoms with van der Waals surface area (Å²) in [5.74, 6) is 0. The van der Waals surface area contributed by atoms with Gasteiger partial charge in [0.2, 0.25) is 0 Å². The van der Waals surface area contributed by atoms with E-state index in [2.05, 4.69) is 42.2 Å². The second-order valence-corrected chi connectivity index (χ2v) is 5.52. The quantitative estimate of drug-likeness (QED) is 0.789. The van der Waals surface area contributed by atoms with Crippen molar-refractivity contribution in [1.82, 2.24) is 4.90 Å². The highest BCUT2D eigenvalue weighted by Gasteiger charge is 2.66. The molecule has 2 aliphatic rings. The van der Waals surface area contributed by atoms with Crippen molar-refractivity contribution in [1.29, 1.82) is 0 Å². The molecule has 1 aliphatic carbocycles. The third kappa shape index (κ3) is 1.40. The number of nitrogens with zero attached hydrogens (tertiary/aromatic N) is 1.